The van der Waals surface area contributed by atoms with E-state index in [0.717, 1.165) is 17.3 Å². The molecule has 0 fully saturated rings. The van der Waals surface area contributed by atoms with E-state index in [9.17, 15) is 0 Å². The summed E-state index contributed by atoms with van der Waals surface area (Å²) < 4.78 is 7.82. The number of imidazole rings is 1. The second-order valence-electron chi connectivity index (χ2n) is 4.38. The Labute approximate surface area is 102 Å². The van der Waals surface area contributed by atoms with Crippen LogP contribution >= 0.6 is 0 Å². The Morgan fingerprint density at radius 3 is 2.53 bits per heavy atom. The number of para-hydroxylation sites is 1. The van der Waals surface area contributed by atoms with Crippen LogP contribution in [-0.4, -0.2) is 9.55 Å². The third-order valence-corrected chi connectivity index (χ3v) is 2.65. The Kier molecular flexibility index (Phi) is 3.47. The lowest BCUT2D eigenvalue weighted by molar-refractivity contribution is 0.301. The predicted molar refractivity (Wildman–Crippen MR) is 68.1 cm³/mol. The minimum Gasteiger partial charge on any atom is -0.487 e. The molecule has 1 heterocycles. The van der Waals surface area contributed by atoms with Crippen molar-refractivity contribution >= 4 is 0 Å². The number of aryl methyl sites for hydroxylation is 1. The van der Waals surface area contributed by atoms with Gasteiger partial charge in [-0.05, 0) is 32.9 Å². The summed E-state index contributed by atoms with van der Waals surface area (Å²) in [7, 11) is 0. The van der Waals surface area contributed by atoms with E-state index in [1.54, 1.807) is 0 Å². The summed E-state index contributed by atoms with van der Waals surface area (Å²) in [5, 5.41) is 0. The van der Waals surface area contributed by atoms with Gasteiger partial charge in [0.2, 0.25) is 0 Å². The van der Waals surface area contributed by atoms with Crippen molar-refractivity contribution in [3.63, 3.8) is 0 Å². The molecule has 2 rings (SSSR count). The Balaban J connectivity index is 2.02. The molecule has 3 heteroatoms. The van der Waals surface area contributed by atoms with Crippen molar-refractivity contribution in [2.45, 2.75) is 33.4 Å². The first-order valence-electron chi connectivity index (χ1n) is 5.89. The van der Waals surface area contributed by atoms with Gasteiger partial charge in [0.15, 0.2) is 0 Å². The van der Waals surface area contributed by atoms with Gasteiger partial charge in [-0.2, -0.15) is 0 Å². The van der Waals surface area contributed by atoms with E-state index in [4.69, 9.17) is 4.74 Å². The Morgan fingerprint density at radius 1 is 1.24 bits per heavy atom. The molecule has 0 aliphatic heterocycles. The first kappa shape index (κ1) is 11.7. The number of hydrogen-bond donors (Lipinski definition) is 0. The molecule has 0 amide bonds. The molecule has 0 saturated carbocycles. The molecule has 0 spiro atoms. The van der Waals surface area contributed by atoms with E-state index in [1.165, 1.54) is 0 Å². The van der Waals surface area contributed by atoms with Crippen LogP contribution in [0.3, 0.4) is 0 Å². The van der Waals surface area contributed by atoms with E-state index in [-0.39, 0.29) is 0 Å². The van der Waals surface area contributed by atoms with Gasteiger partial charge in [0.1, 0.15) is 18.2 Å². The number of rotatable bonds is 4. The normalized spacial score (nSPS) is 10.8. The fraction of sp³-hybridized carbons (Fsp3) is 0.357. The first-order valence-corrected chi connectivity index (χ1v) is 5.89. The molecule has 90 valence electrons. The smallest absolute Gasteiger partial charge is 0.132 e. The zero-order chi connectivity index (χ0) is 12.3. The topological polar surface area (TPSA) is 27.1 Å². The van der Waals surface area contributed by atoms with Crippen LogP contribution in [0.4, 0.5) is 0 Å². The average molecular weight is 230 g/mol. The Bertz CT molecular complexity index is 474. The van der Waals surface area contributed by atoms with Crippen LogP contribution in [0.2, 0.25) is 0 Å². The van der Waals surface area contributed by atoms with E-state index < -0.39 is 0 Å². The molecule has 0 aliphatic carbocycles. The molecule has 3 nitrogen and oxygen atoms in total. The van der Waals surface area contributed by atoms with Crippen molar-refractivity contribution < 1.29 is 4.74 Å². The van der Waals surface area contributed by atoms with Crippen LogP contribution in [-0.2, 0) is 6.61 Å². The highest BCUT2D eigenvalue weighted by atomic mass is 16.5. The molecule has 17 heavy (non-hydrogen) atoms. The standard InChI is InChI=1S/C14H18N2O/c1-11(2)16-9-13(15-12(16)3)10-17-14-7-5-4-6-8-14/h4-9,11H,10H2,1-3H3. The molecule has 0 bridgehead atoms. The highest BCUT2D eigenvalue weighted by molar-refractivity contribution is 5.21. The fourth-order valence-electron chi connectivity index (χ4n) is 1.81. The number of nitrogens with zero attached hydrogens (tertiary/aromatic N) is 2. The molecule has 0 N–H and O–H groups in total. The SMILES string of the molecule is Cc1nc(COc2ccccc2)cn1C(C)C. The largest absolute Gasteiger partial charge is 0.487 e. The highest BCUT2D eigenvalue weighted by Crippen LogP contribution is 2.14. The minimum absolute atomic E-state index is 0.438. The number of benzene rings is 1. The Morgan fingerprint density at radius 2 is 1.94 bits per heavy atom. The number of hydrogen-bond acceptors (Lipinski definition) is 2. The molecule has 2 aromatic rings. The van der Waals surface area contributed by atoms with Crippen molar-refractivity contribution in [2.75, 3.05) is 0 Å². The van der Waals surface area contributed by atoms with Crippen LogP contribution in [0.25, 0.3) is 0 Å². The quantitative estimate of drug-likeness (QED) is 0.805. The van der Waals surface area contributed by atoms with Gasteiger partial charge in [0.05, 0.1) is 5.69 Å². The van der Waals surface area contributed by atoms with E-state index >= 15 is 0 Å². The minimum atomic E-state index is 0.438. The highest BCUT2D eigenvalue weighted by Gasteiger charge is 2.06. The monoisotopic (exact) mass is 230 g/mol. The maximum Gasteiger partial charge on any atom is 0.132 e. The van der Waals surface area contributed by atoms with Gasteiger partial charge < -0.3 is 9.30 Å². The molecular weight excluding hydrogens is 212 g/mol. The predicted octanol–water partition coefficient (Wildman–Crippen LogP) is 3.35. The summed E-state index contributed by atoms with van der Waals surface area (Å²) in [6, 6.07) is 10.2. The molecule has 0 aliphatic rings. The summed E-state index contributed by atoms with van der Waals surface area (Å²) in [5.41, 5.74) is 0.972. The van der Waals surface area contributed by atoms with E-state index in [1.807, 2.05) is 37.3 Å². The lowest BCUT2D eigenvalue weighted by atomic mass is 10.3. The van der Waals surface area contributed by atoms with Gasteiger partial charge in [-0.3, -0.25) is 0 Å². The maximum atomic E-state index is 5.66. The van der Waals surface area contributed by atoms with Crippen molar-refractivity contribution in [1.29, 1.82) is 0 Å². The van der Waals surface area contributed by atoms with Crippen LogP contribution in [0.15, 0.2) is 36.5 Å². The van der Waals surface area contributed by atoms with Gasteiger partial charge in [-0.15, -0.1) is 0 Å². The number of ether oxygens (including phenoxy) is 1. The summed E-state index contributed by atoms with van der Waals surface area (Å²) in [6.07, 6.45) is 2.06. The van der Waals surface area contributed by atoms with Crippen LogP contribution in [0, 0.1) is 6.92 Å². The Hall–Kier alpha value is -1.77. The van der Waals surface area contributed by atoms with E-state index in [0.29, 0.717) is 12.6 Å². The lowest BCUT2D eigenvalue weighted by Gasteiger charge is -2.07. The molecule has 1 aromatic carbocycles. The van der Waals surface area contributed by atoms with Crippen molar-refractivity contribution in [3.05, 3.63) is 48.0 Å². The van der Waals surface area contributed by atoms with Crippen LogP contribution in [0.5, 0.6) is 5.75 Å². The van der Waals surface area contributed by atoms with Gasteiger partial charge in [-0.25, -0.2) is 4.98 Å². The van der Waals surface area contributed by atoms with E-state index in [2.05, 4.69) is 29.6 Å². The van der Waals surface area contributed by atoms with Crippen molar-refractivity contribution in [2.24, 2.45) is 0 Å². The summed E-state index contributed by atoms with van der Waals surface area (Å²) >= 11 is 0. The second-order valence-corrected chi connectivity index (χ2v) is 4.38. The fourth-order valence-corrected chi connectivity index (χ4v) is 1.81. The molecular formula is C14H18N2O. The third-order valence-electron chi connectivity index (χ3n) is 2.65. The molecule has 0 saturated heterocycles. The molecule has 0 radical (unpaired) electrons. The average Bonchev–Trinajstić information content (AvgIpc) is 2.69. The maximum absolute atomic E-state index is 5.66. The molecule has 1 aromatic heterocycles. The van der Waals surface area contributed by atoms with Crippen LogP contribution < -0.4 is 4.74 Å². The summed E-state index contributed by atoms with van der Waals surface area (Å²) in [6.45, 7) is 6.84. The summed E-state index contributed by atoms with van der Waals surface area (Å²) in [5.74, 6) is 1.91. The van der Waals surface area contributed by atoms with Gasteiger partial charge in [0, 0.05) is 12.2 Å². The van der Waals surface area contributed by atoms with Gasteiger partial charge in [0.25, 0.3) is 0 Å². The molecule has 0 atom stereocenters. The zero-order valence-corrected chi connectivity index (χ0v) is 10.6. The lowest BCUT2D eigenvalue weighted by Crippen LogP contribution is -2.00. The zero-order valence-electron chi connectivity index (χ0n) is 10.6. The third kappa shape index (κ3) is 2.87. The van der Waals surface area contributed by atoms with Crippen molar-refractivity contribution in [3.8, 4) is 5.75 Å². The van der Waals surface area contributed by atoms with Crippen LogP contribution in [0.1, 0.15) is 31.4 Å². The first-order chi connectivity index (χ1) is 8.16. The second kappa shape index (κ2) is 5.04. The van der Waals surface area contributed by atoms with Gasteiger partial charge in [-0.1, -0.05) is 18.2 Å². The van der Waals surface area contributed by atoms with Gasteiger partial charge >= 0.3 is 0 Å². The number of aromatic nitrogens is 2. The van der Waals surface area contributed by atoms with Crippen molar-refractivity contribution in [1.82, 2.24) is 9.55 Å². The summed E-state index contributed by atoms with van der Waals surface area (Å²) in [4.78, 5) is 4.48. The molecule has 0 unspecified atom stereocenters.